The van der Waals surface area contributed by atoms with Gasteiger partial charge in [-0.2, -0.15) is 10.1 Å². The number of ether oxygens (including phenoxy) is 1. The molecule has 2 aromatic carbocycles. The van der Waals surface area contributed by atoms with Crippen LogP contribution in [0.4, 0.5) is 10.1 Å². The lowest BCUT2D eigenvalue weighted by Gasteiger charge is -2.10. The molecule has 0 aliphatic heterocycles. The molecular weight excluding hydrogens is 421 g/mol. The number of aromatic nitrogens is 4. The number of benzene rings is 2. The minimum atomic E-state index is -3.70. The highest BCUT2D eigenvalue weighted by atomic mass is 32.2. The second-order valence-corrected chi connectivity index (χ2v) is 8.40. The number of sulfonamides is 1. The van der Waals surface area contributed by atoms with Gasteiger partial charge in [0.05, 0.1) is 5.75 Å². The van der Waals surface area contributed by atoms with Crippen molar-refractivity contribution in [2.45, 2.75) is 12.7 Å². The normalized spacial score (nSPS) is 11.3. The van der Waals surface area contributed by atoms with Gasteiger partial charge in [0, 0.05) is 24.1 Å². The van der Waals surface area contributed by atoms with Gasteiger partial charge in [-0.3, -0.25) is 4.72 Å². The van der Waals surface area contributed by atoms with Gasteiger partial charge in [0.25, 0.3) is 0 Å². The Kier molecular flexibility index (Phi) is 5.63. The van der Waals surface area contributed by atoms with E-state index >= 15 is 0 Å². The van der Waals surface area contributed by atoms with E-state index in [2.05, 4.69) is 19.8 Å². The molecule has 0 aliphatic rings. The van der Waals surface area contributed by atoms with Crippen LogP contribution in [0.1, 0.15) is 11.4 Å². The topological polar surface area (TPSA) is 99.0 Å². The Hall–Kier alpha value is -3.79. The van der Waals surface area contributed by atoms with E-state index < -0.39 is 15.8 Å². The van der Waals surface area contributed by atoms with Crippen LogP contribution in [0.25, 0.3) is 5.82 Å². The smallest absolute Gasteiger partial charge is 0.236 e. The molecule has 4 aromatic rings. The molecule has 4 rings (SSSR count). The molecule has 2 aromatic heterocycles. The molecule has 0 saturated heterocycles. The third-order valence-corrected chi connectivity index (χ3v) is 5.40. The summed E-state index contributed by atoms with van der Waals surface area (Å²) in [4.78, 5) is 8.58. The van der Waals surface area contributed by atoms with Crippen LogP contribution in [0.15, 0.2) is 73.1 Å². The molecular formula is C21H18FN5O3S. The Morgan fingerprint density at radius 3 is 2.58 bits per heavy atom. The number of nitrogens with one attached hydrogen (secondary N) is 1. The van der Waals surface area contributed by atoms with Crippen molar-refractivity contribution in [1.82, 2.24) is 19.7 Å². The van der Waals surface area contributed by atoms with Gasteiger partial charge in [-0.1, -0.05) is 12.1 Å². The van der Waals surface area contributed by atoms with Gasteiger partial charge in [-0.15, -0.1) is 0 Å². The lowest BCUT2D eigenvalue weighted by molar-refractivity contribution is 0.459. The highest BCUT2D eigenvalue weighted by molar-refractivity contribution is 7.91. The first-order valence-corrected chi connectivity index (χ1v) is 10.9. The molecule has 0 radical (unpaired) electrons. The third-order valence-electron chi connectivity index (χ3n) is 4.14. The zero-order valence-electron chi connectivity index (χ0n) is 16.4. The Morgan fingerprint density at radius 1 is 1.06 bits per heavy atom. The lowest BCUT2D eigenvalue weighted by atomic mass is 10.2. The van der Waals surface area contributed by atoms with E-state index in [1.165, 1.54) is 18.2 Å². The molecule has 1 N–H and O–H groups in total. The predicted molar refractivity (Wildman–Crippen MR) is 113 cm³/mol. The van der Waals surface area contributed by atoms with Crippen molar-refractivity contribution in [3.63, 3.8) is 0 Å². The molecule has 0 atom stereocenters. The average molecular weight is 439 g/mol. The number of nitrogens with zero attached hydrogens (tertiary/aromatic N) is 4. The monoisotopic (exact) mass is 439 g/mol. The zero-order chi connectivity index (χ0) is 21.8. The molecule has 8 nitrogen and oxygen atoms in total. The summed E-state index contributed by atoms with van der Waals surface area (Å²) in [5, 5.41) is 4.14. The standard InChI is InChI=1S/C21H18FN5O3S/c1-15-24-20(27-11-3-10-23-27)13-21(25-15)30-19-8-6-18(7-9-19)26-31(28,29)14-16-4-2-5-17(22)12-16/h2-13,26H,14H2,1H3. The minimum Gasteiger partial charge on any atom is -0.439 e. The summed E-state index contributed by atoms with van der Waals surface area (Å²) < 4.78 is 47.8. The number of rotatable bonds is 7. The van der Waals surface area contributed by atoms with Crippen molar-refractivity contribution in [3.8, 4) is 17.4 Å². The fourth-order valence-corrected chi connectivity index (χ4v) is 4.06. The van der Waals surface area contributed by atoms with Crippen LogP contribution >= 0.6 is 0 Å². The number of hydrogen-bond acceptors (Lipinski definition) is 6. The largest absolute Gasteiger partial charge is 0.439 e. The zero-order valence-corrected chi connectivity index (χ0v) is 17.3. The molecule has 31 heavy (non-hydrogen) atoms. The summed E-state index contributed by atoms with van der Waals surface area (Å²) in [6.07, 6.45) is 3.41. The van der Waals surface area contributed by atoms with Gasteiger partial charge in [0.2, 0.25) is 15.9 Å². The van der Waals surface area contributed by atoms with Crippen LogP contribution in [0.2, 0.25) is 0 Å². The van der Waals surface area contributed by atoms with Crippen LogP contribution in [-0.2, 0) is 15.8 Å². The van der Waals surface area contributed by atoms with E-state index in [9.17, 15) is 12.8 Å². The number of halogens is 1. The molecule has 0 unspecified atom stereocenters. The van der Waals surface area contributed by atoms with Gasteiger partial charge in [0.1, 0.15) is 17.4 Å². The summed E-state index contributed by atoms with van der Waals surface area (Å²) in [6, 6.07) is 15.3. The first kappa shape index (κ1) is 20.5. The van der Waals surface area contributed by atoms with Crippen molar-refractivity contribution in [1.29, 1.82) is 0 Å². The number of hydrogen-bond donors (Lipinski definition) is 1. The highest BCUT2D eigenvalue weighted by Crippen LogP contribution is 2.24. The van der Waals surface area contributed by atoms with E-state index in [0.29, 0.717) is 34.5 Å². The maximum atomic E-state index is 13.3. The van der Waals surface area contributed by atoms with Crippen molar-refractivity contribution >= 4 is 15.7 Å². The summed E-state index contributed by atoms with van der Waals surface area (Å²) >= 11 is 0. The second-order valence-electron chi connectivity index (χ2n) is 6.68. The van der Waals surface area contributed by atoms with Gasteiger partial charge in [0.15, 0.2) is 5.82 Å². The van der Waals surface area contributed by atoms with Crippen molar-refractivity contribution in [3.05, 3.63) is 90.3 Å². The summed E-state index contributed by atoms with van der Waals surface area (Å²) in [5.41, 5.74) is 0.722. The van der Waals surface area contributed by atoms with Gasteiger partial charge < -0.3 is 4.74 Å². The SMILES string of the molecule is Cc1nc(Oc2ccc(NS(=O)(=O)Cc3cccc(F)c3)cc2)cc(-n2cccn2)n1. The maximum Gasteiger partial charge on any atom is 0.236 e. The van der Waals surface area contributed by atoms with Crippen LogP contribution in [0.3, 0.4) is 0 Å². The molecule has 0 aliphatic carbocycles. The molecule has 0 fully saturated rings. The summed E-state index contributed by atoms with van der Waals surface area (Å²) in [5.74, 6) is 1.07. The van der Waals surface area contributed by atoms with Crippen LogP contribution in [-0.4, -0.2) is 28.2 Å². The molecule has 0 spiro atoms. The number of aryl methyl sites for hydroxylation is 1. The molecule has 2 heterocycles. The van der Waals surface area contributed by atoms with E-state index in [4.69, 9.17) is 4.74 Å². The molecule has 0 saturated carbocycles. The maximum absolute atomic E-state index is 13.3. The third kappa shape index (κ3) is 5.43. The van der Waals surface area contributed by atoms with E-state index in [0.717, 1.165) is 0 Å². The fraction of sp³-hybridized carbons (Fsp3) is 0.0952. The fourth-order valence-electron chi connectivity index (χ4n) is 2.87. The van der Waals surface area contributed by atoms with Gasteiger partial charge in [-0.25, -0.2) is 22.5 Å². The van der Waals surface area contributed by atoms with Crippen molar-refractivity contribution in [2.75, 3.05) is 4.72 Å². The Labute approximate surface area is 178 Å². The highest BCUT2D eigenvalue weighted by Gasteiger charge is 2.13. The summed E-state index contributed by atoms with van der Waals surface area (Å²) in [6.45, 7) is 1.75. The van der Waals surface area contributed by atoms with Gasteiger partial charge in [-0.05, 0) is 55.0 Å². The Morgan fingerprint density at radius 2 is 1.87 bits per heavy atom. The first-order chi connectivity index (χ1) is 14.9. The van der Waals surface area contributed by atoms with E-state index in [-0.39, 0.29) is 5.75 Å². The lowest BCUT2D eigenvalue weighted by Crippen LogP contribution is -2.15. The van der Waals surface area contributed by atoms with Gasteiger partial charge >= 0.3 is 0 Å². The minimum absolute atomic E-state index is 0.331. The molecule has 158 valence electrons. The Bertz CT molecular complexity index is 1290. The van der Waals surface area contributed by atoms with Crippen molar-refractivity contribution < 1.29 is 17.5 Å². The molecule has 0 amide bonds. The first-order valence-electron chi connectivity index (χ1n) is 9.25. The molecule has 10 heteroatoms. The summed E-state index contributed by atoms with van der Waals surface area (Å²) in [7, 11) is -3.70. The number of anilines is 1. The van der Waals surface area contributed by atoms with Crippen molar-refractivity contribution in [2.24, 2.45) is 0 Å². The average Bonchev–Trinajstić information content (AvgIpc) is 3.23. The van der Waals surface area contributed by atoms with E-state index in [1.807, 2.05) is 0 Å². The second kappa shape index (κ2) is 8.52. The van der Waals surface area contributed by atoms with Crippen LogP contribution in [0, 0.1) is 12.7 Å². The quantitative estimate of drug-likeness (QED) is 0.470. The van der Waals surface area contributed by atoms with Crippen LogP contribution < -0.4 is 9.46 Å². The van der Waals surface area contributed by atoms with Crippen LogP contribution in [0.5, 0.6) is 11.6 Å². The van der Waals surface area contributed by atoms with E-state index in [1.54, 1.807) is 66.5 Å². The predicted octanol–water partition coefficient (Wildman–Crippen LogP) is 3.84. The molecule has 0 bridgehead atoms. The Balaban J connectivity index is 1.45.